The van der Waals surface area contributed by atoms with Gasteiger partial charge < -0.3 is 14.5 Å². The maximum absolute atomic E-state index is 12.3. The summed E-state index contributed by atoms with van der Waals surface area (Å²) in [6.07, 6.45) is 9.39. The second-order valence-corrected chi connectivity index (χ2v) is 7.54. The Labute approximate surface area is 127 Å². The van der Waals surface area contributed by atoms with Crippen LogP contribution in [-0.2, 0) is 9.53 Å². The van der Waals surface area contributed by atoms with Crippen LogP contribution in [0.25, 0.3) is 0 Å². The molecule has 0 unspecified atom stereocenters. The topological polar surface area (TPSA) is 34.0 Å². The van der Waals surface area contributed by atoms with Crippen LogP contribution in [0, 0.1) is 5.92 Å². The molecule has 0 aromatic rings. The summed E-state index contributed by atoms with van der Waals surface area (Å²) >= 11 is 0. The first-order chi connectivity index (χ1) is 10.1. The van der Waals surface area contributed by atoms with Crippen LogP contribution in [0.1, 0.15) is 39.5 Å². The lowest BCUT2D eigenvalue weighted by molar-refractivity contribution is -0.905. The van der Waals surface area contributed by atoms with Crippen LogP contribution in [0.4, 0.5) is 0 Å². The van der Waals surface area contributed by atoms with Gasteiger partial charge in [0.2, 0.25) is 5.91 Å². The van der Waals surface area contributed by atoms with Crippen molar-refractivity contribution in [3.8, 4) is 0 Å². The zero-order valence-corrected chi connectivity index (χ0v) is 13.2. The Morgan fingerprint density at radius 2 is 2.19 bits per heavy atom. The Hall–Kier alpha value is -0.870. The third-order valence-electron chi connectivity index (χ3n) is 6.54. The van der Waals surface area contributed by atoms with Crippen LogP contribution in [0.2, 0.25) is 0 Å². The summed E-state index contributed by atoms with van der Waals surface area (Å²) in [4.78, 5) is 16.2. The SMILES string of the molecule is CC[NH+]1CCC2(CC1)C[C@@H]1C[C@H]3C=C[C@]1(CN2C(C)=O)O3. The summed E-state index contributed by atoms with van der Waals surface area (Å²) in [5.74, 6) is 0.849. The molecule has 1 N–H and O–H groups in total. The number of carbonyl (C=O) groups is 1. The van der Waals surface area contributed by atoms with Crippen molar-refractivity contribution in [3.63, 3.8) is 0 Å². The average Bonchev–Trinajstić information content (AvgIpc) is 3.03. The number of hydrogen-bond acceptors (Lipinski definition) is 2. The molecule has 3 atom stereocenters. The predicted octanol–water partition coefficient (Wildman–Crippen LogP) is 0.390. The summed E-state index contributed by atoms with van der Waals surface area (Å²) in [5, 5.41) is 0. The molecule has 4 heteroatoms. The van der Waals surface area contributed by atoms with Crippen molar-refractivity contribution >= 4 is 5.91 Å². The molecule has 0 aromatic carbocycles. The Kier molecular flexibility index (Phi) is 2.99. The zero-order valence-electron chi connectivity index (χ0n) is 13.2. The monoisotopic (exact) mass is 291 g/mol. The molecule has 21 heavy (non-hydrogen) atoms. The fraction of sp³-hybridized carbons (Fsp3) is 0.824. The largest absolute Gasteiger partial charge is 0.361 e. The molecule has 4 aliphatic heterocycles. The van der Waals surface area contributed by atoms with Gasteiger partial charge in [-0.3, -0.25) is 4.79 Å². The van der Waals surface area contributed by atoms with Crippen LogP contribution >= 0.6 is 0 Å². The van der Waals surface area contributed by atoms with Crippen LogP contribution < -0.4 is 4.90 Å². The molecule has 0 saturated carbocycles. The van der Waals surface area contributed by atoms with E-state index in [1.807, 2.05) is 0 Å². The summed E-state index contributed by atoms with van der Waals surface area (Å²) in [5.41, 5.74) is -0.0432. The molecule has 2 spiro atoms. The van der Waals surface area contributed by atoms with E-state index in [1.165, 1.54) is 19.6 Å². The van der Waals surface area contributed by atoms with Crippen LogP contribution in [0.3, 0.4) is 0 Å². The minimum Gasteiger partial charge on any atom is -0.361 e. The minimum absolute atomic E-state index is 0.113. The van der Waals surface area contributed by atoms with E-state index < -0.39 is 0 Å². The number of likely N-dealkylation sites (tertiary alicyclic amines) is 2. The number of ether oxygens (including phenoxy) is 1. The summed E-state index contributed by atoms with van der Waals surface area (Å²) in [6.45, 7) is 8.41. The number of carbonyl (C=O) groups excluding carboxylic acids is 1. The Morgan fingerprint density at radius 1 is 1.43 bits per heavy atom. The molecule has 116 valence electrons. The number of nitrogens with zero attached hydrogens (tertiary/aromatic N) is 1. The van der Waals surface area contributed by atoms with Crippen LogP contribution in [-0.4, -0.2) is 54.2 Å². The van der Waals surface area contributed by atoms with E-state index in [2.05, 4.69) is 24.0 Å². The Morgan fingerprint density at radius 3 is 2.81 bits per heavy atom. The summed E-state index contributed by atoms with van der Waals surface area (Å²) in [7, 11) is 0. The smallest absolute Gasteiger partial charge is 0.220 e. The van der Waals surface area contributed by atoms with E-state index in [9.17, 15) is 4.79 Å². The van der Waals surface area contributed by atoms with Crippen LogP contribution in [0.15, 0.2) is 12.2 Å². The third kappa shape index (κ3) is 1.92. The summed E-state index contributed by atoms with van der Waals surface area (Å²) < 4.78 is 6.21. The van der Waals surface area contributed by atoms with Crippen molar-refractivity contribution < 1.29 is 14.4 Å². The highest BCUT2D eigenvalue weighted by Gasteiger charge is 2.60. The average molecular weight is 291 g/mol. The highest BCUT2D eigenvalue weighted by molar-refractivity contribution is 5.74. The molecule has 3 fully saturated rings. The van der Waals surface area contributed by atoms with Crippen molar-refractivity contribution in [1.29, 1.82) is 0 Å². The highest BCUT2D eigenvalue weighted by atomic mass is 16.5. The van der Waals surface area contributed by atoms with Gasteiger partial charge in [0.1, 0.15) is 5.60 Å². The van der Waals surface area contributed by atoms with Crippen molar-refractivity contribution in [2.45, 2.75) is 56.8 Å². The van der Waals surface area contributed by atoms with E-state index in [0.717, 1.165) is 32.2 Å². The van der Waals surface area contributed by atoms with Gasteiger partial charge in [-0.05, 0) is 25.7 Å². The summed E-state index contributed by atoms with van der Waals surface area (Å²) in [6, 6.07) is 0. The maximum Gasteiger partial charge on any atom is 0.220 e. The quantitative estimate of drug-likeness (QED) is 0.709. The fourth-order valence-electron chi connectivity index (χ4n) is 5.27. The second kappa shape index (κ2) is 4.56. The van der Waals surface area contributed by atoms with E-state index >= 15 is 0 Å². The van der Waals surface area contributed by atoms with Gasteiger partial charge in [0.25, 0.3) is 0 Å². The first-order valence-electron chi connectivity index (χ1n) is 8.56. The van der Waals surface area contributed by atoms with Gasteiger partial charge in [-0.25, -0.2) is 0 Å². The van der Waals surface area contributed by atoms with Crippen molar-refractivity contribution in [2.75, 3.05) is 26.2 Å². The molecule has 4 heterocycles. The third-order valence-corrected chi connectivity index (χ3v) is 6.54. The van der Waals surface area contributed by atoms with E-state index in [-0.39, 0.29) is 17.0 Å². The standard InChI is InChI=1S/C17H26N2O2/c1-3-18-8-6-16(7-9-18)11-14-10-15-4-5-17(14,21-15)12-19(16)13(2)20/h4-5,14-15H,3,6-12H2,1-2H3/p+1/t14-,15+,17+/m0/s1. The lowest BCUT2D eigenvalue weighted by atomic mass is 9.67. The van der Waals surface area contributed by atoms with Gasteiger partial charge in [-0.1, -0.05) is 12.2 Å². The van der Waals surface area contributed by atoms with Gasteiger partial charge in [-0.15, -0.1) is 0 Å². The van der Waals surface area contributed by atoms with E-state index in [4.69, 9.17) is 4.74 Å². The number of piperidine rings is 2. The van der Waals surface area contributed by atoms with Crippen molar-refractivity contribution in [1.82, 2.24) is 4.90 Å². The second-order valence-electron chi connectivity index (χ2n) is 7.54. The predicted molar refractivity (Wildman–Crippen MR) is 80.1 cm³/mol. The lowest BCUT2D eigenvalue weighted by Gasteiger charge is -2.55. The molecule has 4 rings (SSSR count). The van der Waals surface area contributed by atoms with Crippen molar-refractivity contribution in [2.24, 2.45) is 5.92 Å². The number of fused-ring (bicyclic) bond motifs is 1. The first kappa shape index (κ1) is 13.8. The molecule has 4 aliphatic rings. The van der Waals surface area contributed by atoms with Gasteiger partial charge in [0.05, 0.1) is 37.8 Å². The van der Waals surface area contributed by atoms with Gasteiger partial charge in [0, 0.05) is 19.8 Å². The van der Waals surface area contributed by atoms with E-state index in [1.54, 1.807) is 11.8 Å². The number of rotatable bonds is 1. The number of quaternary nitrogens is 1. The van der Waals surface area contributed by atoms with Gasteiger partial charge in [-0.2, -0.15) is 0 Å². The van der Waals surface area contributed by atoms with Gasteiger partial charge >= 0.3 is 0 Å². The molecule has 0 aromatic heterocycles. The minimum atomic E-state index is -0.156. The molecule has 1 amide bonds. The highest BCUT2D eigenvalue weighted by Crippen LogP contribution is 2.53. The number of nitrogens with one attached hydrogen (secondary N) is 1. The normalized spacial score (nSPS) is 47.9. The molecular formula is C17H27N2O2+. The molecule has 4 nitrogen and oxygen atoms in total. The molecule has 3 saturated heterocycles. The lowest BCUT2D eigenvalue weighted by Crippen LogP contribution is -3.13. The molecule has 0 radical (unpaired) electrons. The zero-order chi connectivity index (χ0) is 14.7. The molecule has 2 bridgehead atoms. The van der Waals surface area contributed by atoms with Gasteiger partial charge in [0.15, 0.2) is 0 Å². The number of amides is 1. The Bertz CT molecular complexity index is 481. The Balaban J connectivity index is 1.62. The van der Waals surface area contributed by atoms with Crippen LogP contribution in [0.5, 0.6) is 0 Å². The number of hydrogen-bond donors (Lipinski definition) is 1. The maximum atomic E-state index is 12.3. The molecule has 0 aliphatic carbocycles. The van der Waals surface area contributed by atoms with E-state index in [0.29, 0.717) is 12.0 Å². The fourth-order valence-corrected chi connectivity index (χ4v) is 5.27. The molecular weight excluding hydrogens is 264 g/mol. The van der Waals surface area contributed by atoms with Crippen molar-refractivity contribution in [3.05, 3.63) is 12.2 Å². The first-order valence-corrected chi connectivity index (χ1v) is 8.56.